The average molecular weight is 127 g/mol. The van der Waals surface area contributed by atoms with Gasteiger partial charge < -0.3 is 0 Å². The van der Waals surface area contributed by atoms with Crippen LogP contribution in [-0.2, 0) is 0 Å². The van der Waals surface area contributed by atoms with Gasteiger partial charge in [-0.15, -0.1) is 0 Å². The summed E-state index contributed by atoms with van der Waals surface area (Å²) in [5.41, 5.74) is 0. The van der Waals surface area contributed by atoms with Crippen LogP contribution < -0.4 is 0 Å². The van der Waals surface area contributed by atoms with Crippen molar-refractivity contribution in [1.82, 2.24) is 5.01 Å². The van der Waals surface area contributed by atoms with E-state index in [1.54, 1.807) is 6.21 Å². The maximum absolute atomic E-state index is 4.01. The van der Waals surface area contributed by atoms with Crippen LogP contribution in [0, 0.1) is 0 Å². The Morgan fingerprint density at radius 1 is 1.67 bits per heavy atom. The molecule has 0 spiro atoms. The normalized spacial score (nSPS) is 10.0. The molecule has 0 atom stereocenters. The van der Waals surface area contributed by atoms with Gasteiger partial charge in [0.25, 0.3) is 0 Å². The number of hydrogen-bond acceptors (Lipinski definition) is 3. The first-order valence-corrected chi connectivity index (χ1v) is 3.01. The first kappa shape index (κ1) is 8.14. The molecule has 3 heteroatoms. The summed E-state index contributed by atoms with van der Waals surface area (Å²) in [4.78, 5) is 3.69. The Morgan fingerprint density at radius 3 is 2.67 bits per heavy atom. The van der Waals surface area contributed by atoms with Crippen LogP contribution in [0.3, 0.4) is 0 Å². The highest BCUT2D eigenvalue weighted by molar-refractivity contribution is 5.52. The fourth-order valence-corrected chi connectivity index (χ4v) is 0.497. The Balaban J connectivity index is 3.53. The lowest BCUT2D eigenvalue weighted by Gasteiger charge is -2.11. The van der Waals surface area contributed by atoms with E-state index in [4.69, 9.17) is 0 Å². The van der Waals surface area contributed by atoms with Gasteiger partial charge in [0.05, 0.1) is 0 Å². The van der Waals surface area contributed by atoms with Gasteiger partial charge in [-0.2, -0.15) is 5.10 Å². The van der Waals surface area contributed by atoms with E-state index in [-0.39, 0.29) is 0 Å². The molecule has 0 rings (SSSR count). The molecule has 9 heavy (non-hydrogen) atoms. The molecular formula is C6H13N3. The van der Waals surface area contributed by atoms with Crippen molar-refractivity contribution in [3.05, 3.63) is 0 Å². The minimum atomic E-state index is 0.584. The molecule has 0 bridgehead atoms. The molecule has 0 heterocycles. The van der Waals surface area contributed by atoms with Gasteiger partial charge in [-0.05, 0) is 20.6 Å². The Labute approximate surface area is 56.1 Å². The fourth-order valence-electron chi connectivity index (χ4n) is 0.497. The lowest BCUT2D eigenvalue weighted by atomic mass is 10.7. The minimum Gasteiger partial charge on any atom is -0.278 e. The molecule has 0 radical (unpaired) electrons. The molecule has 0 aromatic rings. The lowest BCUT2D eigenvalue weighted by Crippen LogP contribution is -2.16. The van der Waals surface area contributed by atoms with Crippen LogP contribution in [0.4, 0.5) is 0 Å². The van der Waals surface area contributed by atoms with Crippen LogP contribution in [-0.4, -0.2) is 31.2 Å². The van der Waals surface area contributed by atoms with E-state index in [9.17, 15) is 0 Å². The van der Waals surface area contributed by atoms with Gasteiger partial charge in [0, 0.05) is 12.8 Å². The van der Waals surface area contributed by atoms with Crippen molar-refractivity contribution in [3.8, 4) is 0 Å². The summed E-state index contributed by atoms with van der Waals surface area (Å²) in [5.74, 6) is 0. The third-order valence-corrected chi connectivity index (χ3v) is 0.907. The summed E-state index contributed by atoms with van der Waals surface area (Å²) in [6.07, 6.45) is 1.74. The standard InChI is InChI=1S/C6H13N3/c1-4-8-9(5-2)6-7-3/h4H,3,5-6H2,1-2H3/b8-4+. The Morgan fingerprint density at radius 2 is 2.33 bits per heavy atom. The van der Waals surface area contributed by atoms with E-state index in [1.165, 1.54) is 0 Å². The predicted octanol–water partition coefficient (Wildman–Crippen LogP) is 0.972. The highest BCUT2D eigenvalue weighted by atomic mass is 15.5. The smallest absolute Gasteiger partial charge is 0.125 e. The molecular weight excluding hydrogens is 114 g/mol. The highest BCUT2D eigenvalue weighted by Gasteiger charge is 1.89. The first-order chi connectivity index (χ1) is 4.35. The van der Waals surface area contributed by atoms with E-state index in [0.717, 1.165) is 6.54 Å². The number of nitrogens with zero attached hydrogens (tertiary/aromatic N) is 3. The van der Waals surface area contributed by atoms with Crippen molar-refractivity contribution in [3.63, 3.8) is 0 Å². The van der Waals surface area contributed by atoms with Gasteiger partial charge in [0.15, 0.2) is 0 Å². The molecule has 0 saturated heterocycles. The van der Waals surface area contributed by atoms with Crippen molar-refractivity contribution in [2.24, 2.45) is 10.1 Å². The number of hydrazone groups is 1. The van der Waals surface area contributed by atoms with Gasteiger partial charge in [-0.3, -0.25) is 10.0 Å². The van der Waals surface area contributed by atoms with Crippen LogP contribution >= 0.6 is 0 Å². The summed E-state index contributed by atoms with van der Waals surface area (Å²) in [6, 6.07) is 0. The molecule has 0 aromatic heterocycles. The molecule has 0 fully saturated rings. The largest absolute Gasteiger partial charge is 0.278 e. The number of rotatable bonds is 4. The maximum atomic E-state index is 4.01. The summed E-state index contributed by atoms with van der Waals surface area (Å²) in [6.45, 7) is 8.73. The van der Waals surface area contributed by atoms with Crippen LogP contribution in [0.5, 0.6) is 0 Å². The Bertz CT molecular complexity index is 98.5. The van der Waals surface area contributed by atoms with Gasteiger partial charge in [0.1, 0.15) is 6.67 Å². The van der Waals surface area contributed by atoms with E-state index in [0.29, 0.717) is 6.67 Å². The summed E-state index contributed by atoms with van der Waals surface area (Å²) < 4.78 is 0. The first-order valence-electron chi connectivity index (χ1n) is 3.01. The zero-order valence-electron chi connectivity index (χ0n) is 6.04. The zero-order chi connectivity index (χ0) is 7.11. The molecule has 3 nitrogen and oxygen atoms in total. The van der Waals surface area contributed by atoms with Crippen molar-refractivity contribution in [1.29, 1.82) is 0 Å². The topological polar surface area (TPSA) is 28.0 Å². The van der Waals surface area contributed by atoms with Crippen molar-refractivity contribution < 1.29 is 0 Å². The van der Waals surface area contributed by atoms with E-state index >= 15 is 0 Å². The summed E-state index contributed by atoms with van der Waals surface area (Å²) >= 11 is 0. The van der Waals surface area contributed by atoms with Crippen LogP contribution in [0.25, 0.3) is 0 Å². The van der Waals surface area contributed by atoms with Gasteiger partial charge >= 0.3 is 0 Å². The quantitative estimate of drug-likeness (QED) is 0.408. The monoisotopic (exact) mass is 127 g/mol. The third-order valence-electron chi connectivity index (χ3n) is 0.907. The molecule has 0 N–H and O–H groups in total. The molecule has 0 aliphatic rings. The van der Waals surface area contributed by atoms with E-state index < -0.39 is 0 Å². The number of hydrogen-bond donors (Lipinski definition) is 0. The molecule has 0 aromatic carbocycles. The van der Waals surface area contributed by atoms with Gasteiger partial charge in [-0.25, -0.2) is 0 Å². The average Bonchev–Trinajstić information content (AvgIpc) is 1.88. The predicted molar refractivity (Wildman–Crippen MR) is 41.0 cm³/mol. The molecule has 0 aliphatic heterocycles. The van der Waals surface area contributed by atoms with Crippen molar-refractivity contribution >= 4 is 12.9 Å². The SMILES string of the molecule is C=NCN(CC)/N=C/C. The van der Waals surface area contributed by atoms with Crippen LogP contribution in [0.15, 0.2) is 10.1 Å². The molecule has 0 amide bonds. The minimum absolute atomic E-state index is 0.584. The van der Waals surface area contributed by atoms with Gasteiger partial charge in [-0.1, -0.05) is 0 Å². The van der Waals surface area contributed by atoms with E-state index in [1.807, 2.05) is 18.9 Å². The second-order valence-electron chi connectivity index (χ2n) is 1.56. The van der Waals surface area contributed by atoms with Crippen LogP contribution in [0.2, 0.25) is 0 Å². The fraction of sp³-hybridized carbons (Fsp3) is 0.667. The van der Waals surface area contributed by atoms with Crippen molar-refractivity contribution in [2.75, 3.05) is 13.2 Å². The molecule has 0 saturated carbocycles. The maximum Gasteiger partial charge on any atom is 0.125 e. The zero-order valence-corrected chi connectivity index (χ0v) is 6.04. The Hall–Kier alpha value is -0.860. The molecule has 0 unspecified atom stereocenters. The second kappa shape index (κ2) is 5.28. The summed E-state index contributed by atoms with van der Waals surface area (Å²) in [5, 5.41) is 5.83. The number of aliphatic imine (C=N–C) groups is 1. The highest BCUT2D eigenvalue weighted by Crippen LogP contribution is 1.85. The Kier molecular flexibility index (Phi) is 4.78. The lowest BCUT2D eigenvalue weighted by molar-refractivity contribution is 0.317. The van der Waals surface area contributed by atoms with Crippen molar-refractivity contribution in [2.45, 2.75) is 13.8 Å². The summed E-state index contributed by atoms with van der Waals surface area (Å²) in [7, 11) is 0. The van der Waals surface area contributed by atoms with Gasteiger partial charge in [0.2, 0.25) is 0 Å². The third kappa shape index (κ3) is 3.70. The molecule has 52 valence electrons. The van der Waals surface area contributed by atoms with Crippen LogP contribution in [0.1, 0.15) is 13.8 Å². The second-order valence-corrected chi connectivity index (χ2v) is 1.56. The molecule has 0 aliphatic carbocycles. The van der Waals surface area contributed by atoms with E-state index in [2.05, 4.69) is 16.8 Å².